The number of rotatable bonds is 6. The molecule has 0 saturated heterocycles. The van der Waals surface area contributed by atoms with E-state index in [1.54, 1.807) is 70.7 Å². The molecule has 1 N–H and O–H groups in total. The summed E-state index contributed by atoms with van der Waals surface area (Å²) in [4.78, 5) is 12.1. The van der Waals surface area contributed by atoms with Gasteiger partial charge in [-0.3, -0.25) is 4.79 Å². The summed E-state index contributed by atoms with van der Waals surface area (Å²) >= 11 is 0. The number of hydrazone groups is 1. The van der Waals surface area contributed by atoms with E-state index in [2.05, 4.69) is 10.5 Å². The summed E-state index contributed by atoms with van der Waals surface area (Å²) < 4.78 is 15.6. The maximum absolute atomic E-state index is 12.1. The third kappa shape index (κ3) is 4.04. The minimum absolute atomic E-state index is 0.307. The lowest BCUT2D eigenvalue weighted by molar-refractivity contribution is 0.0955. The second-order valence-electron chi connectivity index (χ2n) is 4.93. The molecular weight excluding hydrogens is 308 g/mol. The molecule has 0 unspecified atom stereocenters. The maximum atomic E-state index is 12.1. The van der Waals surface area contributed by atoms with E-state index in [-0.39, 0.29) is 5.91 Å². The van der Waals surface area contributed by atoms with Gasteiger partial charge < -0.3 is 14.2 Å². The first-order valence-electron chi connectivity index (χ1n) is 7.30. The van der Waals surface area contributed by atoms with Gasteiger partial charge in [-0.2, -0.15) is 5.10 Å². The molecule has 2 aromatic rings. The van der Waals surface area contributed by atoms with Crippen LogP contribution in [0.15, 0.2) is 47.6 Å². The number of hydrogen-bond donors (Lipinski definition) is 1. The third-order valence-electron chi connectivity index (χ3n) is 3.47. The lowest BCUT2D eigenvalue weighted by Gasteiger charge is -2.10. The SMILES string of the molecule is COc1ccc(C(=O)N/N=C(/C)c2cc(OC)ccc2OC)cc1. The van der Waals surface area contributed by atoms with Crippen molar-refractivity contribution in [3.05, 3.63) is 53.6 Å². The number of nitrogens with one attached hydrogen (secondary N) is 1. The lowest BCUT2D eigenvalue weighted by Crippen LogP contribution is -2.19. The van der Waals surface area contributed by atoms with E-state index >= 15 is 0 Å². The van der Waals surface area contributed by atoms with Crippen molar-refractivity contribution in [3.63, 3.8) is 0 Å². The van der Waals surface area contributed by atoms with Crippen LogP contribution in [0.4, 0.5) is 0 Å². The molecule has 2 aromatic carbocycles. The Morgan fingerprint density at radius 2 is 1.54 bits per heavy atom. The van der Waals surface area contributed by atoms with Gasteiger partial charge in [-0.15, -0.1) is 0 Å². The summed E-state index contributed by atoms with van der Waals surface area (Å²) in [6.07, 6.45) is 0. The molecule has 6 nitrogen and oxygen atoms in total. The van der Waals surface area contributed by atoms with Gasteiger partial charge in [0.2, 0.25) is 0 Å². The van der Waals surface area contributed by atoms with Crippen molar-refractivity contribution in [1.29, 1.82) is 0 Å². The normalized spacial score (nSPS) is 10.9. The van der Waals surface area contributed by atoms with Gasteiger partial charge in [-0.1, -0.05) is 0 Å². The molecule has 0 spiro atoms. The van der Waals surface area contributed by atoms with Gasteiger partial charge in [-0.25, -0.2) is 5.43 Å². The molecule has 0 aliphatic heterocycles. The number of benzene rings is 2. The topological polar surface area (TPSA) is 69.2 Å². The molecule has 0 atom stereocenters. The summed E-state index contributed by atoms with van der Waals surface area (Å²) in [5, 5.41) is 4.15. The van der Waals surface area contributed by atoms with Crippen LogP contribution < -0.4 is 19.6 Å². The highest BCUT2D eigenvalue weighted by atomic mass is 16.5. The number of carbonyl (C=O) groups excluding carboxylic acids is 1. The van der Waals surface area contributed by atoms with Crippen molar-refractivity contribution >= 4 is 11.6 Å². The molecule has 0 saturated carbocycles. The Bertz CT molecular complexity index is 739. The van der Waals surface area contributed by atoms with E-state index in [0.29, 0.717) is 28.5 Å². The molecule has 6 heteroatoms. The van der Waals surface area contributed by atoms with Gasteiger partial charge in [0.15, 0.2) is 0 Å². The van der Waals surface area contributed by atoms with E-state index < -0.39 is 0 Å². The number of methoxy groups -OCH3 is 3. The first kappa shape index (κ1) is 17.3. The van der Waals surface area contributed by atoms with Crippen LogP contribution >= 0.6 is 0 Å². The van der Waals surface area contributed by atoms with Gasteiger partial charge in [0, 0.05) is 11.1 Å². The molecular formula is C18H20N2O4. The van der Waals surface area contributed by atoms with Gasteiger partial charge in [-0.05, 0) is 49.4 Å². The van der Waals surface area contributed by atoms with Crippen LogP contribution in [0.3, 0.4) is 0 Å². The van der Waals surface area contributed by atoms with Gasteiger partial charge in [0.1, 0.15) is 17.2 Å². The number of amides is 1. The maximum Gasteiger partial charge on any atom is 0.271 e. The number of carbonyl (C=O) groups is 1. The van der Waals surface area contributed by atoms with E-state index in [4.69, 9.17) is 14.2 Å². The van der Waals surface area contributed by atoms with E-state index in [1.165, 1.54) is 0 Å². The van der Waals surface area contributed by atoms with E-state index in [1.807, 2.05) is 0 Å². The Labute approximate surface area is 141 Å². The molecule has 24 heavy (non-hydrogen) atoms. The summed E-state index contributed by atoms with van der Waals surface area (Å²) in [6.45, 7) is 1.78. The van der Waals surface area contributed by atoms with Gasteiger partial charge >= 0.3 is 0 Å². The third-order valence-corrected chi connectivity index (χ3v) is 3.47. The lowest BCUT2D eigenvalue weighted by atomic mass is 10.1. The highest BCUT2D eigenvalue weighted by Gasteiger charge is 2.10. The molecule has 0 radical (unpaired) electrons. The van der Waals surface area contributed by atoms with Gasteiger partial charge in [0.05, 0.1) is 27.0 Å². The highest BCUT2D eigenvalue weighted by Crippen LogP contribution is 2.24. The zero-order chi connectivity index (χ0) is 17.5. The standard InChI is InChI=1S/C18H20N2O4/c1-12(16-11-15(23-3)9-10-17(16)24-4)19-20-18(21)13-5-7-14(22-2)8-6-13/h5-11H,1-4H3,(H,20,21)/b19-12-. The molecule has 1 amide bonds. The molecule has 0 fully saturated rings. The van der Waals surface area contributed by atoms with E-state index in [9.17, 15) is 4.79 Å². The quantitative estimate of drug-likeness (QED) is 0.654. The zero-order valence-corrected chi connectivity index (χ0v) is 14.1. The average Bonchev–Trinajstić information content (AvgIpc) is 2.65. The number of ether oxygens (including phenoxy) is 3. The fourth-order valence-electron chi connectivity index (χ4n) is 2.10. The minimum Gasteiger partial charge on any atom is -0.497 e. The first-order chi connectivity index (χ1) is 11.6. The summed E-state index contributed by atoms with van der Waals surface area (Å²) in [5.74, 6) is 1.71. The second-order valence-corrected chi connectivity index (χ2v) is 4.93. The largest absolute Gasteiger partial charge is 0.497 e. The van der Waals surface area contributed by atoms with Crippen LogP contribution in [0.25, 0.3) is 0 Å². The fourth-order valence-corrected chi connectivity index (χ4v) is 2.10. The van der Waals surface area contributed by atoms with Crippen LogP contribution in [0.2, 0.25) is 0 Å². The molecule has 0 heterocycles. The van der Waals surface area contributed by atoms with Crippen molar-refractivity contribution in [1.82, 2.24) is 5.43 Å². The van der Waals surface area contributed by atoms with Crippen molar-refractivity contribution in [2.24, 2.45) is 5.10 Å². The summed E-state index contributed by atoms with van der Waals surface area (Å²) in [6, 6.07) is 12.2. The van der Waals surface area contributed by atoms with Crippen LogP contribution in [-0.4, -0.2) is 32.9 Å². The highest BCUT2D eigenvalue weighted by molar-refractivity contribution is 6.03. The molecule has 126 valence electrons. The van der Waals surface area contributed by atoms with Crippen molar-refractivity contribution in [2.45, 2.75) is 6.92 Å². The van der Waals surface area contributed by atoms with Crippen LogP contribution in [-0.2, 0) is 0 Å². The zero-order valence-electron chi connectivity index (χ0n) is 14.1. The minimum atomic E-state index is -0.307. The molecule has 0 aromatic heterocycles. The Morgan fingerprint density at radius 3 is 2.12 bits per heavy atom. The molecule has 0 aliphatic rings. The summed E-state index contributed by atoms with van der Waals surface area (Å²) in [7, 11) is 4.74. The van der Waals surface area contributed by atoms with Crippen LogP contribution in [0.1, 0.15) is 22.8 Å². The predicted octanol–water partition coefficient (Wildman–Crippen LogP) is 2.87. The first-order valence-corrected chi connectivity index (χ1v) is 7.30. The predicted molar refractivity (Wildman–Crippen MR) is 92.2 cm³/mol. The monoisotopic (exact) mass is 328 g/mol. The Kier molecular flexibility index (Phi) is 5.78. The molecule has 0 aliphatic carbocycles. The smallest absolute Gasteiger partial charge is 0.271 e. The Hall–Kier alpha value is -3.02. The number of hydrogen-bond acceptors (Lipinski definition) is 5. The van der Waals surface area contributed by atoms with Crippen LogP contribution in [0.5, 0.6) is 17.2 Å². The van der Waals surface area contributed by atoms with Crippen LogP contribution in [0, 0.1) is 0 Å². The van der Waals surface area contributed by atoms with Crippen molar-refractivity contribution in [2.75, 3.05) is 21.3 Å². The average molecular weight is 328 g/mol. The van der Waals surface area contributed by atoms with Crippen molar-refractivity contribution in [3.8, 4) is 17.2 Å². The van der Waals surface area contributed by atoms with Crippen molar-refractivity contribution < 1.29 is 19.0 Å². The summed E-state index contributed by atoms with van der Waals surface area (Å²) in [5.41, 5.74) is 4.37. The number of nitrogens with zero attached hydrogens (tertiary/aromatic N) is 1. The van der Waals surface area contributed by atoms with E-state index in [0.717, 1.165) is 5.56 Å². The molecule has 0 bridgehead atoms. The van der Waals surface area contributed by atoms with Gasteiger partial charge in [0.25, 0.3) is 5.91 Å². The molecule has 2 rings (SSSR count). The Morgan fingerprint density at radius 1 is 0.917 bits per heavy atom. The fraction of sp³-hybridized carbons (Fsp3) is 0.222. The second kappa shape index (κ2) is 8.01. The Balaban J connectivity index is 2.17.